The maximum Gasteiger partial charge on any atom is 0.241 e. The third kappa shape index (κ3) is 5.96. The van der Waals surface area contributed by atoms with Gasteiger partial charge in [-0.15, -0.1) is 0 Å². The van der Waals surface area contributed by atoms with Crippen LogP contribution in [0.5, 0.6) is 0 Å². The fraction of sp³-hybridized carbons (Fsp3) is 0.227. The molecule has 0 saturated carbocycles. The lowest BCUT2D eigenvalue weighted by Gasteiger charge is -2.19. The molecule has 0 spiro atoms. The molecular weight excluding hydrogens is 355 g/mol. The van der Waals surface area contributed by atoms with Crippen LogP contribution in [0, 0.1) is 5.82 Å². The average molecular weight is 378 g/mol. The summed E-state index contributed by atoms with van der Waals surface area (Å²) in [7, 11) is 0. The summed E-state index contributed by atoms with van der Waals surface area (Å²) in [6, 6.07) is 13.2. The van der Waals surface area contributed by atoms with Gasteiger partial charge in [0.1, 0.15) is 11.9 Å². The van der Waals surface area contributed by atoms with Gasteiger partial charge in [0.15, 0.2) is 0 Å². The van der Waals surface area contributed by atoms with E-state index in [1.165, 1.54) is 12.1 Å². The number of benzene rings is 1. The molecule has 0 fully saturated rings. The van der Waals surface area contributed by atoms with Crippen LogP contribution in [-0.4, -0.2) is 29.0 Å². The topological polar surface area (TPSA) is 66.9 Å². The Morgan fingerprint density at radius 1 is 0.929 bits per heavy atom. The Bertz CT molecular complexity index is 874. The highest BCUT2D eigenvalue weighted by Gasteiger charge is 2.20. The molecule has 144 valence electrons. The minimum Gasteiger partial charge on any atom is -0.354 e. The normalized spacial score (nSPS) is 11.8. The molecule has 5 nitrogen and oxygen atoms in total. The number of hydrogen-bond acceptors (Lipinski definition) is 4. The molecule has 28 heavy (non-hydrogen) atoms. The van der Waals surface area contributed by atoms with Crippen LogP contribution in [0.25, 0.3) is 0 Å². The number of rotatable bonds is 9. The van der Waals surface area contributed by atoms with Gasteiger partial charge in [-0.2, -0.15) is 0 Å². The third-order valence-electron chi connectivity index (χ3n) is 4.39. The van der Waals surface area contributed by atoms with Crippen LogP contribution in [0.15, 0.2) is 73.3 Å². The molecule has 0 aliphatic carbocycles. The molecule has 1 amide bonds. The number of aromatic nitrogens is 2. The Kier molecular flexibility index (Phi) is 7.21. The van der Waals surface area contributed by atoms with Crippen molar-refractivity contribution in [1.29, 1.82) is 0 Å². The molecule has 0 aliphatic heterocycles. The second-order valence-corrected chi connectivity index (χ2v) is 6.45. The van der Waals surface area contributed by atoms with Crippen LogP contribution in [-0.2, 0) is 17.6 Å². The van der Waals surface area contributed by atoms with E-state index in [0.29, 0.717) is 25.1 Å². The summed E-state index contributed by atoms with van der Waals surface area (Å²) in [6.07, 6.45) is 8.42. The number of halogens is 1. The molecular formula is C22H23FN4O. The first-order valence-corrected chi connectivity index (χ1v) is 9.27. The Morgan fingerprint density at radius 2 is 1.75 bits per heavy atom. The lowest BCUT2D eigenvalue weighted by Crippen LogP contribution is -2.39. The minimum atomic E-state index is -0.621. The fourth-order valence-corrected chi connectivity index (χ4v) is 2.94. The molecule has 2 aromatic heterocycles. The highest BCUT2D eigenvalue weighted by Crippen LogP contribution is 2.15. The zero-order valence-electron chi connectivity index (χ0n) is 15.5. The number of pyridine rings is 2. The van der Waals surface area contributed by atoms with Crippen LogP contribution in [0.4, 0.5) is 4.39 Å². The SMILES string of the molecule is O=C(NCCc1ccncc1)[C@H](NCCc1cccnc1)c1cccc(F)c1. The molecule has 0 bridgehead atoms. The summed E-state index contributed by atoms with van der Waals surface area (Å²) in [5.74, 6) is -0.535. The number of nitrogens with one attached hydrogen (secondary N) is 2. The van der Waals surface area contributed by atoms with Gasteiger partial charge in [0.25, 0.3) is 0 Å². The summed E-state index contributed by atoms with van der Waals surface area (Å²) in [4.78, 5) is 20.8. The summed E-state index contributed by atoms with van der Waals surface area (Å²) >= 11 is 0. The molecule has 6 heteroatoms. The quantitative estimate of drug-likeness (QED) is 0.601. The number of hydrogen-bond donors (Lipinski definition) is 2. The van der Waals surface area contributed by atoms with Crippen LogP contribution in [0.3, 0.4) is 0 Å². The molecule has 0 aliphatic rings. The van der Waals surface area contributed by atoms with Crippen LogP contribution in [0.1, 0.15) is 22.7 Å². The zero-order valence-corrected chi connectivity index (χ0v) is 15.5. The molecule has 0 saturated heterocycles. The molecule has 0 unspecified atom stereocenters. The maximum atomic E-state index is 13.7. The highest BCUT2D eigenvalue weighted by molar-refractivity contribution is 5.83. The largest absolute Gasteiger partial charge is 0.354 e. The summed E-state index contributed by atoms with van der Waals surface area (Å²) in [5.41, 5.74) is 2.78. The van der Waals surface area contributed by atoms with E-state index in [1.807, 2.05) is 24.3 Å². The van der Waals surface area contributed by atoms with Gasteiger partial charge in [0, 0.05) is 37.9 Å². The van der Waals surface area contributed by atoms with Gasteiger partial charge in [-0.05, 0) is 59.9 Å². The zero-order chi connectivity index (χ0) is 19.6. The van der Waals surface area contributed by atoms with Gasteiger partial charge in [0.2, 0.25) is 5.91 Å². The van der Waals surface area contributed by atoms with Crippen molar-refractivity contribution in [1.82, 2.24) is 20.6 Å². The maximum absolute atomic E-state index is 13.7. The van der Waals surface area contributed by atoms with E-state index >= 15 is 0 Å². The van der Waals surface area contributed by atoms with Gasteiger partial charge < -0.3 is 10.6 Å². The molecule has 0 radical (unpaired) electrons. The number of carbonyl (C=O) groups excluding carboxylic acids is 1. The van der Waals surface area contributed by atoms with E-state index in [0.717, 1.165) is 17.5 Å². The first kappa shape index (κ1) is 19.6. The van der Waals surface area contributed by atoms with Crippen LogP contribution < -0.4 is 10.6 Å². The van der Waals surface area contributed by atoms with Crippen molar-refractivity contribution in [2.45, 2.75) is 18.9 Å². The molecule has 2 N–H and O–H groups in total. The standard InChI is InChI=1S/C22H23FN4O/c23-20-5-1-4-19(15-20)21(26-13-9-18-3-2-10-25-16-18)22(28)27-14-8-17-6-11-24-12-7-17/h1-7,10-12,15-16,21,26H,8-9,13-14H2,(H,27,28)/t21-/m1/s1. The van der Waals surface area contributed by atoms with E-state index in [-0.39, 0.29) is 11.7 Å². The first-order chi connectivity index (χ1) is 13.7. The molecule has 3 aromatic rings. The van der Waals surface area contributed by atoms with Crippen molar-refractivity contribution >= 4 is 5.91 Å². The van der Waals surface area contributed by atoms with Crippen molar-refractivity contribution < 1.29 is 9.18 Å². The van der Waals surface area contributed by atoms with Gasteiger partial charge in [-0.3, -0.25) is 14.8 Å². The van der Waals surface area contributed by atoms with Gasteiger partial charge in [0.05, 0.1) is 0 Å². The minimum absolute atomic E-state index is 0.175. The Balaban J connectivity index is 1.60. The van der Waals surface area contributed by atoms with E-state index in [9.17, 15) is 9.18 Å². The second kappa shape index (κ2) is 10.3. The summed E-state index contributed by atoms with van der Waals surface area (Å²) in [6.45, 7) is 1.07. The molecule has 1 aromatic carbocycles. The number of nitrogens with zero attached hydrogens (tertiary/aromatic N) is 2. The predicted octanol–water partition coefficient (Wildman–Crippen LogP) is 2.85. The van der Waals surface area contributed by atoms with Gasteiger partial charge >= 0.3 is 0 Å². The highest BCUT2D eigenvalue weighted by atomic mass is 19.1. The van der Waals surface area contributed by atoms with Gasteiger partial charge in [-0.25, -0.2) is 4.39 Å². The number of carbonyl (C=O) groups is 1. The monoisotopic (exact) mass is 378 g/mol. The third-order valence-corrected chi connectivity index (χ3v) is 4.39. The van der Waals surface area contributed by atoms with Crippen molar-refractivity contribution in [2.75, 3.05) is 13.1 Å². The molecule has 2 heterocycles. The van der Waals surface area contributed by atoms with Crippen molar-refractivity contribution in [3.63, 3.8) is 0 Å². The van der Waals surface area contributed by atoms with Crippen molar-refractivity contribution in [2.24, 2.45) is 0 Å². The summed E-state index contributed by atoms with van der Waals surface area (Å²) in [5, 5.41) is 6.18. The summed E-state index contributed by atoms with van der Waals surface area (Å²) < 4.78 is 13.7. The lowest BCUT2D eigenvalue weighted by molar-refractivity contribution is -0.123. The van der Waals surface area contributed by atoms with Crippen molar-refractivity contribution in [3.05, 3.63) is 95.8 Å². The molecule has 1 atom stereocenters. The van der Waals surface area contributed by atoms with E-state index in [4.69, 9.17) is 0 Å². The van der Waals surface area contributed by atoms with Crippen LogP contribution in [0.2, 0.25) is 0 Å². The van der Waals surface area contributed by atoms with E-state index in [1.54, 1.807) is 36.9 Å². The van der Waals surface area contributed by atoms with E-state index < -0.39 is 6.04 Å². The Hall–Kier alpha value is -3.12. The van der Waals surface area contributed by atoms with Crippen LogP contribution >= 0.6 is 0 Å². The Morgan fingerprint density at radius 3 is 2.50 bits per heavy atom. The second-order valence-electron chi connectivity index (χ2n) is 6.45. The number of amides is 1. The average Bonchev–Trinajstić information content (AvgIpc) is 2.72. The van der Waals surface area contributed by atoms with E-state index in [2.05, 4.69) is 20.6 Å². The van der Waals surface area contributed by atoms with Gasteiger partial charge in [-0.1, -0.05) is 18.2 Å². The van der Waals surface area contributed by atoms with Crippen molar-refractivity contribution in [3.8, 4) is 0 Å². The molecule has 3 rings (SSSR count). The Labute approximate surface area is 164 Å². The smallest absolute Gasteiger partial charge is 0.241 e. The predicted molar refractivity (Wildman–Crippen MR) is 106 cm³/mol. The lowest BCUT2D eigenvalue weighted by atomic mass is 10.1. The fourth-order valence-electron chi connectivity index (χ4n) is 2.94. The first-order valence-electron chi connectivity index (χ1n) is 9.27.